The van der Waals surface area contributed by atoms with Crippen LogP contribution in [0.3, 0.4) is 0 Å². The van der Waals surface area contributed by atoms with Crippen LogP contribution in [-0.2, 0) is 7.05 Å². The van der Waals surface area contributed by atoms with E-state index >= 15 is 0 Å². The van der Waals surface area contributed by atoms with Gasteiger partial charge in [-0.1, -0.05) is 0 Å². The third kappa shape index (κ3) is 3.54. The number of halogens is 2. The van der Waals surface area contributed by atoms with Crippen molar-refractivity contribution in [3.05, 3.63) is 44.1 Å². The first kappa shape index (κ1) is 18.2. The topological polar surface area (TPSA) is 65.0 Å². The maximum Gasteiger partial charge on any atom is 0.238 e. The predicted octanol–water partition coefficient (Wildman–Crippen LogP) is 4.36. The van der Waals surface area contributed by atoms with E-state index in [1.54, 1.807) is 26.6 Å². The Morgan fingerprint density at radius 1 is 0.960 bits per heavy atom. The Labute approximate surface area is 172 Å². The minimum atomic E-state index is 0.649. The molecule has 0 saturated carbocycles. The standard InChI is InChI=1S/C9H9IN2O.C8H7IN2O/c1-12-5-7(10)6-3-4-11-9(13-2)8(6)12;1-12-8-7-5(2-3-10-8)6(9)4-11-7/h3-5H,1-2H3;2-4,11H,1H3. The van der Waals surface area contributed by atoms with Gasteiger partial charge in [-0.25, -0.2) is 9.97 Å². The highest BCUT2D eigenvalue weighted by atomic mass is 127. The first-order valence-corrected chi connectivity index (χ1v) is 9.51. The van der Waals surface area contributed by atoms with E-state index in [1.165, 1.54) is 12.5 Å². The number of aryl methyl sites for hydroxylation is 1. The summed E-state index contributed by atoms with van der Waals surface area (Å²) >= 11 is 4.58. The lowest BCUT2D eigenvalue weighted by Gasteiger charge is -2.01. The highest BCUT2D eigenvalue weighted by Crippen LogP contribution is 2.27. The number of aromatic nitrogens is 4. The molecule has 0 aliphatic rings. The van der Waals surface area contributed by atoms with Gasteiger partial charge in [0.1, 0.15) is 11.0 Å². The van der Waals surface area contributed by atoms with Gasteiger partial charge in [0.2, 0.25) is 11.8 Å². The van der Waals surface area contributed by atoms with Gasteiger partial charge < -0.3 is 19.0 Å². The van der Waals surface area contributed by atoms with Gasteiger partial charge in [0.25, 0.3) is 0 Å². The van der Waals surface area contributed by atoms with Crippen molar-refractivity contribution < 1.29 is 9.47 Å². The minimum absolute atomic E-state index is 0.649. The van der Waals surface area contributed by atoms with Gasteiger partial charge in [0, 0.05) is 49.7 Å². The number of rotatable bonds is 2. The van der Waals surface area contributed by atoms with Gasteiger partial charge in [-0.05, 0) is 57.3 Å². The Kier molecular flexibility index (Phi) is 5.67. The van der Waals surface area contributed by atoms with Crippen LogP contribution in [0.4, 0.5) is 0 Å². The summed E-state index contributed by atoms with van der Waals surface area (Å²) in [7, 11) is 5.26. The normalized spacial score (nSPS) is 10.6. The first-order chi connectivity index (χ1) is 12.1. The fourth-order valence-electron chi connectivity index (χ4n) is 2.57. The highest BCUT2D eigenvalue weighted by molar-refractivity contribution is 14.1. The van der Waals surface area contributed by atoms with E-state index < -0.39 is 0 Å². The van der Waals surface area contributed by atoms with E-state index in [2.05, 4.69) is 66.3 Å². The second-order valence-corrected chi connectivity index (χ2v) is 7.51. The molecule has 4 aromatic heterocycles. The third-order valence-corrected chi connectivity index (χ3v) is 5.46. The number of nitrogens with one attached hydrogen (secondary N) is 1. The molecular weight excluding hydrogens is 546 g/mol. The van der Waals surface area contributed by atoms with Crippen molar-refractivity contribution in [1.82, 2.24) is 19.5 Å². The van der Waals surface area contributed by atoms with Gasteiger partial charge >= 0.3 is 0 Å². The van der Waals surface area contributed by atoms with Crippen LogP contribution in [0.15, 0.2) is 36.9 Å². The maximum absolute atomic E-state index is 5.19. The summed E-state index contributed by atoms with van der Waals surface area (Å²) in [6.45, 7) is 0. The fourth-order valence-corrected chi connectivity index (χ4v) is 4.03. The molecule has 25 heavy (non-hydrogen) atoms. The lowest BCUT2D eigenvalue weighted by atomic mass is 10.3. The minimum Gasteiger partial charge on any atom is -0.479 e. The van der Waals surface area contributed by atoms with Gasteiger partial charge in [-0.15, -0.1) is 0 Å². The number of ether oxygens (including phenoxy) is 2. The summed E-state index contributed by atoms with van der Waals surface area (Å²) < 4.78 is 14.7. The molecule has 0 amide bonds. The smallest absolute Gasteiger partial charge is 0.238 e. The summed E-state index contributed by atoms with van der Waals surface area (Å²) in [6, 6.07) is 3.97. The van der Waals surface area contributed by atoms with Gasteiger partial charge in [-0.2, -0.15) is 0 Å². The second kappa shape index (κ2) is 7.77. The lowest BCUT2D eigenvalue weighted by molar-refractivity contribution is 0.401. The number of hydrogen-bond donors (Lipinski definition) is 1. The van der Waals surface area contributed by atoms with E-state index in [4.69, 9.17) is 9.47 Å². The quantitative estimate of drug-likeness (QED) is 0.369. The molecule has 0 unspecified atom stereocenters. The summed E-state index contributed by atoms with van der Waals surface area (Å²) in [5, 5.41) is 2.34. The van der Waals surface area contributed by atoms with E-state index in [9.17, 15) is 0 Å². The number of fused-ring (bicyclic) bond motifs is 2. The van der Waals surface area contributed by atoms with Crippen LogP contribution in [0.1, 0.15) is 0 Å². The zero-order valence-electron chi connectivity index (χ0n) is 13.9. The van der Waals surface area contributed by atoms with Crippen molar-refractivity contribution >= 4 is 67.0 Å². The molecule has 1 N–H and O–H groups in total. The molecule has 0 saturated heterocycles. The van der Waals surface area contributed by atoms with Crippen LogP contribution in [0, 0.1) is 7.14 Å². The predicted molar refractivity (Wildman–Crippen MR) is 115 cm³/mol. The van der Waals surface area contributed by atoms with Crippen molar-refractivity contribution in [2.45, 2.75) is 0 Å². The molecule has 0 atom stereocenters. The summed E-state index contributed by atoms with van der Waals surface area (Å²) in [5.74, 6) is 1.33. The molecule has 4 rings (SSSR count). The number of pyridine rings is 2. The van der Waals surface area contributed by atoms with Gasteiger partial charge in [0.05, 0.1) is 14.2 Å². The van der Waals surface area contributed by atoms with Crippen LogP contribution in [0.25, 0.3) is 21.8 Å². The number of H-pyrrole nitrogens is 1. The molecule has 4 aromatic rings. The lowest BCUT2D eigenvalue weighted by Crippen LogP contribution is -1.92. The van der Waals surface area contributed by atoms with E-state index in [1.807, 2.05) is 29.9 Å². The zero-order valence-corrected chi connectivity index (χ0v) is 18.2. The molecule has 0 radical (unpaired) electrons. The number of aromatic amines is 1. The molecule has 0 bridgehead atoms. The highest BCUT2D eigenvalue weighted by Gasteiger charge is 2.09. The van der Waals surface area contributed by atoms with Crippen molar-refractivity contribution in [2.75, 3.05) is 14.2 Å². The average Bonchev–Trinajstić information content (AvgIpc) is 3.16. The average molecular weight is 562 g/mol. The summed E-state index contributed by atoms with van der Waals surface area (Å²) in [6.07, 6.45) is 7.52. The molecule has 4 heterocycles. The molecule has 0 fully saturated rings. The number of hydrogen-bond acceptors (Lipinski definition) is 4. The van der Waals surface area contributed by atoms with Gasteiger partial charge in [0.15, 0.2) is 0 Å². The monoisotopic (exact) mass is 562 g/mol. The molecule has 8 heteroatoms. The van der Waals surface area contributed by atoms with E-state index in [0.29, 0.717) is 11.8 Å². The van der Waals surface area contributed by atoms with E-state index in [0.717, 1.165) is 16.4 Å². The van der Waals surface area contributed by atoms with Crippen molar-refractivity contribution in [3.8, 4) is 11.8 Å². The molecule has 0 spiro atoms. The third-order valence-electron chi connectivity index (χ3n) is 3.71. The Balaban J connectivity index is 0.000000146. The first-order valence-electron chi connectivity index (χ1n) is 7.36. The molecular formula is C17H16I2N4O2. The Morgan fingerprint density at radius 3 is 2.28 bits per heavy atom. The van der Waals surface area contributed by atoms with Crippen LogP contribution >= 0.6 is 45.2 Å². The molecule has 0 aromatic carbocycles. The summed E-state index contributed by atoms with van der Waals surface area (Å²) in [5.41, 5.74) is 2.01. The number of methoxy groups -OCH3 is 2. The Morgan fingerprint density at radius 2 is 1.60 bits per heavy atom. The number of nitrogens with zero attached hydrogens (tertiary/aromatic N) is 3. The van der Waals surface area contributed by atoms with Crippen LogP contribution in [-0.4, -0.2) is 33.7 Å². The molecule has 0 aliphatic heterocycles. The van der Waals surface area contributed by atoms with Crippen LogP contribution < -0.4 is 9.47 Å². The van der Waals surface area contributed by atoms with Crippen molar-refractivity contribution in [1.29, 1.82) is 0 Å². The van der Waals surface area contributed by atoms with Gasteiger partial charge in [-0.3, -0.25) is 0 Å². The largest absolute Gasteiger partial charge is 0.479 e. The Bertz CT molecular complexity index is 1030. The van der Waals surface area contributed by atoms with E-state index in [-0.39, 0.29) is 0 Å². The Hall–Kier alpha value is -1.56. The molecule has 130 valence electrons. The summed E-state index contributed by atoms with van der Waals surface area (Å²) in [4.78, 5) is 11.3. The zero-order chi connectivity index (χ0) is 18.0. The van der Waals surface area contributed by atoms with Crippen LogP contribution in [0.2, 0.25) is 0 Å². The fraction of sp³-hybridized carbons (Fsp3) is 0.176. The SMILES string of the molecule is COc1nccc2c(I)c[nH]c12.COc1nccc2c(I)cn(C)c12. The maximum atomic E-state index is 5.19. The van der Waals surface area contributed by atoms with Crippen LogP contribution in [0.5, 0.6) is 11.8 Å². The second-order valence-electron chi connectivity index (χ2n) is 5.18. The molecule has 6 nitrogen and oxygen atoms in total. The molecule has 0 aliphatic carbocycles. The van der Waals surface area contributed by atoms with Crippen molar-refractivity contribution in [3.63, 3.8) is 0 Å². The van der Waals surface area contributed by atoms with Crippen molar-refractivity contribution in [2.24, 2.45) is 7.05 Å².